The summed E-state index contributed by atoms with van der Waals surface area (Å²) in [5, 5.41) is 8.59. The zero-order valence-corrected chi connectivity index (χ0v) is 14.5. The molecule has 2 rings (SSSR count). The molecular weight excluding hydrogens is 328 g/mol. The van der Waals surface area contributed by atoms with Crippen molar-refractivity contribution in [3.63, 3.8) is 0 Å². The molecule has 2 aliphatic heterocycles. The maximum Gasteiger partial charge on any atom is 0.264 e. The molecule has 0 spiro atoms. The van der Waals surface area contributed by atoms with E-state index in [0.29, 0.717) is 13.2 Å². The van der Waals surface area contributed by atoms with Gasteiger partial charge in [-0.05, 0) is 27.7 Å². The molecule has 0 radical (unpaired) electrons. The maximum atomic E-state index is 10.6. The lowest BCUT2D eigenvalue weighted by atomic mass is 10.4. The van der Waals surface area contributed by atoms with Crippen LogP contribution in [0.3, 0.4) is 0 Å². The highest BCUT2D eigenvalue weighted by Crippen LogP contribution is 2.22. The molecule has 140 valence electrons. The van der Waals surface area contributed by atoms with Crippen molar-refractivity contribution in [2.24, 2.45) is 0 Å². The molecule has 0 amide bonds. The molecule has 0 aliphatic carbocycles. The van der Waals surface area contributed by atoms with Gasteiger partial charge in [0, 0.05) is 0 Å². The van der Waals surface area contributed by atoms with Crippen LogP contribution in [0.4, 0.5) is 0 Å². The monoisotopic (exact) mass is 358 g/mol. The molecule has 2 saturated heterocycles. The van der Waals surface area contributed by atoms with Gasteiger partial charge in [-0.25, -0.2) is 0 Å². The molecule has 0 saturated carbocycles. The second-order valence-electron chi connectivity index (χ2n) is 6.07. The van der Waals surface area contributed by atoms with Crippen molar-refractivity contribution < 1.29 is 36.7 Å². The van der Waals surface area contributed by atoms with Crippen LogP contribution in [0.2, 0.25) is 0 Å². The summed E-state index contributed by atoms with van der Waals surface area (Å²) in [5.74, 6) is -1.13. The van der Waals surface area contributed by atoms with E-state index < -0.39 is 21.7 Å². The van der Waals surface area contributed by atoms with E-state index in [9.17, 15) is 8.42 Å². The first-order valence-corrected chi connectivity index (χ1v) is 8.83. The zero-order chi connectivity index (χ0) is 17.0. The summed E-state index contributed by atoms with van der Waals surface area (Å²) in [6.45, 7) is 8.14. The Labute approximate surface area is 139 Å². The Hall–Kier alpha value is -0.290. The normalized spacial score (nSPS) is 28.6. The molecule has 0 aromatic rings. The van der Waals surface area contributed by atoms with Crippen molar-refractivity contribution in [3.05, 3.63) is 0 Å². The van der Waals surface area contributed by atoms with Gasteiger partial charge in [-0.2, -0.15) is 8.42 Å². The number of aliphatic hydroxyl groups excluding tert-OH is 1. The fraction of sp³-hybridized carbons (Fsp3) is 1.00. The molecule has 2 aliphatic rings. The van der Waals surface area contributed by atoms with Crippen LogP contribution in [0.15, 0.2) is 0 Å². The molecule has 2 heterocycles. The largest absolute Gasteiger partial charge is 0.394 e. The van der Waals surface area contributed by atoms with Gasteiger partial charge in [0.1, 0.15) is 12.2 Å². The van der Waals surface area contributed by atoms with Gasteiger partial charge in [-0.1, -0.05) is 7.43 Å². The van der Waals surface area contributed by atoms with Crippen LogP contribution >= 0.6 is 0 Å². The van der Waals surface area contributed by atoms with Crippen molar-refractivity contribution in [1.82, 2.24) is 0 Å². The van der Waals surface area contributed by atoms with Crippen LogP contribution in [0.1, 0.15) is 35.1 Å². The predicted octanol–water partition coefficient (Wildman–Crippen LogP) is 0.880. The number of aliphatic hydroxyl groups is 1. The minimum absolute atomic E-state index is 0. The third-order valence-corrected chi connectivity index (χ3v) is 3.37. The summed E-state index contributed by atoms with van der Waals surface area (Å²) in [6.07, 6.45) is 0.582. The van der Waals surface area contributed by atoms with E-state index in [1.54, 1.807) is 13.8 Å². The smallest absolute Gasteiger partial charge is 0.264 e. The quantitative estimate of drug-likeness (QED) is 0.739. The second kappa shape index (κ2) is 8.70. The van der Waals surface area contributed by atoms with Gasteiger partial charge in [0.25, 0.3) is 10.1 Å². The number of hydrogen-bond acceptors (Lipinski definition) is 8. The van der Waals surface area contributed by atoms with E-state index in [1.165, 1.54) is 0 Å². The van der Waals surface area contributed by atoms with Crippen LogP contribution in [0.25, 0.3) is 0 Å². The van der Waals surface area contributed by atoms with Crippen LogP contribution < -0.4 is 0 Å². The van der Waals surface area contributed by atoms with Crippen molar-refractivity contribution in [2.75, 3.05) is 32.7 Å². The summed E-state index contributed by atoms with van der Waals surface area (Å²) in [6, 6.07) is 0. The zero-order valence-electron chi connectivity index (χ0n) is 13.7. The van der Waals surface area contributed by atoms with Gasteiger partial charge < -0.3 is 24.1 Å². The third kappa shape index (κ3) is 9.55. The van der Waals surface area contributed by atoms with E-state index in [2.05, 4.69) is 4.18 Å². The highest BCUT2D eigenvalue weighted by molar-refractivity contribution is 7.85. The first-order valence-electron chi connectivity index (χ1n) is 7.01. The Morgan fingerprint density at radius 3 is 1.74 bits per heavy atom. The summed E-state index contributed by atoms with van der Waals surface area (Å²) < 4.78 is 46.8. The van der Waals surface area contributed by atoms with Crippen molar-refractivity contribution in [2.45, 2.75) is 58.9 Å². The first kappa shape index (κ1) is 22.7. The molecule has 2 unspecified atom stereocenters. The average molecular weight is 358 g/mol. The Balaban J connectivity index is 0.000000427. The number of rotatable bonds is 4. The van der Waals surface area contributed by atoms with E-state index in [4.69, 9.17) is 24.1 Å². The fourth-order valence-electron chi connectivity index (χ4n) is 1.90. The van der Waals surface area contributed by atoms with Crippen molar-refractivity contribution >= 4 is 10.1 Å². The standard InChI is InChI=1S/C7H14O5S.C6H12O3.CH4/c1-7(2)10-4-6(12-7)5-11-13(3,8)9;1-6(2)8-4-5(3-7)9-6;/h6H,4-5H2,1-3H3;5,7H,3-4H2,1-2H3;1H4. The molecule has 8 nitrogen and oxygen atoms in total. The van der Waals surface area contributed by atoms with Gasteiger partial charge in [0.05, 0.1) is 32.7 Å². The lowest BCUT2D eigenvalue weighted by Gasteiger charge is -2.16. The SMILES string of the molecule is C.CC1(C)OCC(CO)O1.CC1(C)OCC(COS(C)(=O)=O)O1. The summed E-state index contributed by atoms with van der Waals surface area (Å²) in [5.41, 5.74) is 0. The van der Waals surface area contributed by atoms with Gasteiger partial charge in [-0.15, -0.1) is 0 Å². The molecule has 2 atom stereocenters. The first-order chi connectivity index (χ1) is 9.92. The Bertz CT molecular complexity index is 446. The van der Waals surface area contributed by atoms with E-state index in [0.717, 1.165) is 6.26 Å². The van der Waals surface area contributed by atoms with E-state index in [-0.39, 0.29) is 32.8 Å². The maximum absolute atomic E-state index is 10.6. The number of ether oxygens (including phenoxy) is 4. The Kier molecular flexibility index (Phi) is 8.59. The van der Waals surface area contributed by atoms with Gasteiger partial charge in [-0.3, -0.25) is 4.18 Å². The Morgan fingerprint density at radius 2 is 1.48 bits per heavy atom. The van der Waals surface area contributed by atoms with E-state index in [1.807, 2.05) is 13.8 Å². The van der Waals surface area contributed by atoms with Crippen LogP contribution in [0.5, 0.6) is 0 Å². The lowest BCUT2D eigenvalue weighted by molar-refractivity contribution is -0.142. The van der Waals surface area contributed by atoms with Gasteiger partial charge in [0.2, 0.25) is 0 Å². The molecular formula is C14H30O8S. The highest BCUT2D eigenvalue weighted by atomic mass is 32.2. The van der Waals surface area contributed by atoms with Crippen molar-refractivity contribution in [3.8, 4) is 0 Å². The molecule has 1 N–H and O–H groups in total. The molecule has 0 aromatic carbocycles. The fourth-order valence-corrected chi connectivity index (χ4v) is 2.30. The molecule has 0 bridgehead atoms. The minimum Gasteiger partial charge on any atom is -0.394 e. The molecule has 0 aromatic heterocycles. The average Bonchev–Trinajstić information content (AvgIpc) is 2.89. The predicted molar refractivity (Wildman–Crippen MR) is 84.4 cm³/mol. The molecule has 2 fully saturated rings. The van der Waals surface area contributed by atoms with Crippen LogP contribution in [-0.4, -0.2) is 70.0 Å². The summed E-state index contributed by atoms with van der Waals surface area (Å²) in [7, 11) is -3.38. The van der Waals surface area contributed by atoms with Crippen LogP contribution in [-0.2, 0) is 33.2 Å². The molecule has 9 heteroatoms. The van der Waals surface area contributed by atoms with Crippen LogP contribution in [0, 0.1) is 0 Å². The summed E-state index contributed by atoms with van der Waals surface area (Å²) >= 11 is 0. The minimum atomic E-state index is -3.38. The van der Waals surface area contributed by atoms with Gasteiger partial charge in [0.15, 0.2) is 11.6 Å². The van der Waals surface area contributed by atoms with Gasteiger partial charge >= 0.3 is 0 Å². The highest BCUT2D eigenvalue weighted by Gasteiger charge is 2.33. The second-order valence-corrected chi connectivity index (χ2v) is 7.72. The number of hydrogen-bond donors (Lipinski definition) is 1. The van der Waals surface area contributed by atoms with Crippen molar-refractivity contribution in [1.29, 1.82) is 0 Å². The lowest BCUT2D eigenvalue weighted by Crippen LogP contribution is -2.24. The third-order valence-electron chi connectivity index (χ3n) is 2.81. The topological polar surface area (TPSA) is 101 Å². The molecule has 23 heavy (non-hydrogen) atoms. The summed E-state index contributed by atoms with van der Waals surface area (Å²) in [4.78, 5) is 0. The van der Waals surface area contributed by atoms with E-state index >= 15 is 0 Å². The Morgan fingerprint density at radius 1 is 1.04 bits per heavy atom.